The molecule has 22 heavy (non-hydrogen) atoms. The molecule has 2 aliphatic heterocycles. The fourth-order valence-electron chi connectivity index (χ4n) is 3.06. The van der Waals surface area contributed by atoms with E-state index in [0.717, 1.165) is 55.5 Å². The van der Waals surface area contributed by atoms with Gasteiger partial charge in [-0.1, -0.05) is 6.92 Å². The molecule has 1 saturated heterocycles. The van der Waals surface area contributed by atoms with Crippen molar-refractivity contribution in [1.82, 2.24) is 25.0 Å². The highest BCUT2D eigenvalue weighted by Crippen LogP contribution is 2.21. The number of nitrogens with zero attached hydrogens (tertiary/aromatic N) is 5. The summed E-state index contributed by atoms with van der Waals surface area (Å²) in [7, 11) is 0. The molecule has 0 aromatic carbocycles. The zero-order valence-electron chi connectivity index (χ0n) is 13.6. The van der Waals surface area contributed by atoms with Crippen molar-refractivity contribution < 1.29 is 0 Å². The first-order chi connectivity index (χ1) is 10.8. The molecule has 0 saturated carbocycles. The number of aryl methyl sites for hydroxylation is 1. The van der Waals surface area contributed by atoms with E-state index < -0.39 is 0 Å². The Kier molecular flexibility index (Phi) is 5.23. The van der Waals surface area contributed by atoms with Gasteiger partial charge in [0.2, 0.25) is 0 Å². The van der Waals surface area contributed by atoms with Crippen LogP contribution in [0.1, 0.15) is 38.3 Å². The van der Waals surface area contributed by atoms with Gasteiger partial charge in [0.15, 0.2) is 11.8 Å². The third kappa shape index (κ3) is 3.39. The molecule has 1 aromatic heterocycles. The van der Waals surface area contributed by atoms with Crippen molar-refractivity contribution in [2.45, 2.75) is 51.4 Å². The van der Waals surface area contributed by atoms with Crippen molar-refractivity contribution in [2.24, 2.45) is 4.99 Å². The number of hydrogen-bond donors (Lipinski definition) is 1. The van der Waals surface area contributed by atoms with Crippen LogP contribution in [0, 0.1) is 0 Å². The summed E-state index contributed by atoms with van der Waals surface area (Å²) in [6, 6.07) is 0. The van der Waals surface area contributed by atoms with Gasteiger partial charge < -0.3 is 14.8 Å². The molecule has 0 bridgehead atoms. The minimum absolute atomic E-state index is 0.621. The Morgan fingerprint density at radius 3 is 3.09 bits per heavy atom. The molecule has 0 radical (unpaired) electrons. The van der Waals surface area contributed by atoms with Gasteiger partial charge in [0.1, 0.15) is 12.4 Å². The van der Waals surface area contributed by atoms with E-state index >= 15 is 0 Å². The first kappa shape index (κ1) is 15.6. The van der Waals surface area contributed by atoms with Gasteiger partial charge in [-0.3, -0.25) is 0 Å². The summed E-state index contributed by atoms with van der Waals surface area (Å²) in [6.07, 6.45) is 3.46. The molecule has 1 N–H and O–H groups in total. The minimum Gasteiger partial charge on any atom is -0.357 e. The second-order valence-corrected chi connectivity index (χ2v) is 7.21. The Morgan fingerprint density at radius 2 is 2.27 bits per heavy atom. The van der Waals surface area contributed by atoms with E-state index in [-0.39, 0.29) is 0 Å². The lowest BCUT2D eigenvalue weighted by Crippen LogP contribution is -2.48. The molecule has 1 aromatic rings. The van der Waals surface area contributed by atoms with Crippen molar-refractivity contribution in [2.75, 3.05) is 25.4 Å². The number of fused-ring (bicyclic) bond motifs is 1. The third-order valence-corrected chi connectivity index (χ3v) is 5.66. The normalized spacial score (nSPS) is 22.0. The maximum Gasteiger partial charge on any atom is 0.194 e. The van der Waals surface area contributed by atoms with Gasteiger partial charge in [0, 0.05) is 43.6 Å². The van der Waals surface area contributed by atoms with Crippen molar-refractivity contribution in [1.29, 1.82) is 0 Å². The molecule has 6 nitrogen and oxygen atoms in total. The summed E-state index contributed by atoms with van der Waals surface area (Å²) in [5, 5.41) is 12.7. The molecule has 1 atom stereocenters. The first-order valence-electron chi connectivity index (χ1n) is 8.37. The van der Waals surface area contributed by atoms with E-state index in [9.17, 15) is 0 Å². The number of rotatable bonds is 4. The lowest BCUT2D eigenvalue weighted by molar-refractivity contribution is 0.407. The number of hydrogen-bond acceptors (Lipinski definition) is 4. The number of aromatic nitrogens is 3. The van der Waals surface area contributed by atoms with E-state index in [2.05, 4.69) is 50.6 Å². The zero-order chi connectivity index (χ0) is 15.4. The molecular formula is C15H26N6S. The van der Waals surface area contributed by atoms with Crippen molar-refractivity contribution in [3.05, 3.63) is 11.6 Å². The molecule has 0 aliphatic carbocycles. The monoisotopic (exact) mass is 322 g/mol. The Bertz CT molecular complexity index is 526. The highest BCUT2D eigenvalue weighted by atomic mass is 32.2. The fraction of sp³-hybridized carbons (Fsp3) is 0.800. The van der Waals surface area contributed by atoms with E-state index in [4.69, 9.17) is 4.99 Å². The van der Waals surface area contributed by atoms with Gasteiger partial charge in [-0.05, 0) is 19.8 Å². The molecule has 0 amide bonds. The van der Waals surface area contributed by atoms with Gasteiger partial charge in [0.25, 0.3) is 0 Å². The lowest BCUT2D eigenvalue weighted by atomic mass is 10.3. The van der Waals surface area contributed by atoms with E-state index in [1.165, 1.54) is 18.6 Å². The van der Waals surface area contributed by atoms with Gasteiger partial charge in [0.05, 0.1) is 0 Å². The van der Waals surface area contributed by atoms with Gasteiger partial charge in [-0.15, -0.1) is 10.2 Å². The molecule has 122 valence electrons. The zero-order valence-corrected chi connectivity index (χ0v) is 14.4. The standard InChI is InChI=1S/C15H26N6S/c1-3-12-11-20(8-9-22-12)15(16-4-2)17-10-14-19-18-13-6-5-7-21(13)14/h12H,3-11H2,1-2H3,(H,16,17). The summed E-state index contributed by atoms with van der Waals surface area (Å²) in [5.41, 5.74) is 0. The van der Waals surface area contributed by atoms with E-state index in [1.54, 1.807) is 0 Å². The average molecular weight is 322 g/mol. The van der Waals surface area contributed by atoms with Crippen LogP contribution < -0.4 is 5.32 Å². The molecule has 3 heterocycles. The first-order valence-corrected chi connectivity index (χ1v) is 9.42. The highest BCUT2D eigenvalue weighted by Gasteiger charge is 2.22. The van der Waals surface area contributed by atoms with Crippen molar-refractivity contribution in [3.8, 4) is 0 Å². The summed E-state index contributed by atoms with van der Waals surface area (Å²) in [5.74, 6) is 4.33. The Morgan fingerprint density at radius 1 is 1.36 bits per heavy atom. The van der Waals surface area contributed by atoms with Crippen LogP contribution in [-0.2, 0) is 19.5 Å². The van der Waals surface area contributed by atoms with Crippen LogP contribution in [0.4, 0.5) is 0 Å². The predicted octanol–water partition coefficient (Wildman–Crippen LogP) is 1.52. The molecule has 1 fully saturated rings. The molecule has 1 unspecified atom stereocenters. The average Bonchev–Trinajstić information content (AvgIpc) is 3.15. The second-order valence-electron chi connectivity index (χ2n) is 5.80. The SMILES string of the molecule is CCNC(=NCc1nnc2n1CCC2)N1CCSC(CC)C1. The molecule has 2 aliphatic rings. The van der Waals surface area contributed by atoms with Crippen LogP contribution in [0.5, 0.6) is 0 Å². The van der Waals surface area contributed by atoms with E-state index in [1.807, 2.05) is 0 Å². The molecular weight excluding hydrogens is 296 g/mol. The van der Waals surface area contributed by atoms with Crippen LogP contribution in [0.3, 0.4) is 0 Å². The van der Waals surface area contributed by atoms with Crippen LogP contribution in [-0.4, -0.2) is 56.3 Å². The summed E-state index contributed by atoms with van der Waals surface area (Å²) < 4.78 is 2.23. The second kappa shape index (κ2) is 7.35. The minimum atomic E-state index is 0.621. The van der Waals surface area contributed by atoms with Crippen molar-refractivity contribution >= 4 is 17.7 Å². The fourth-order valence-corrected chi connectivity index (χ4v) is 4.24. The van der Waals surface area contributed by atoms with Gasteiger partial charge in [-0.2, -0.15) is 11.8 Å². The number of thioether (sulfide) groups is 1. The lowest BCUT2D eigenvalue weighted by Gasteiger charge is -2.34. The summed E-state index contributed by atoms with van der Waals surface area (Å²) >= 11 is 2.08. The maximum atomic E-state index is 4.82. The third-order valence-electron chi connectivity index (χ3n) is 4.28. The molecule has 7 heteroatoms. The highest BCUT2D eigenvalue weighted by molar-refractivity contribution is 8.00. The Balaban J connectivity index is 1.69. The van der Waals surface area contributed by atoms with Crippen LogP contribution in [0.2, 0.25) is 0 Å². The topological polar surface area (TPSA) is 58.3 Å². The molecule has 0 spiro atoms. The van der Waals surface area contributed by atoms with Crippen LogP contribution in [0.25, 0.3) is 0 Å². The van der Waals surface area contributed by atoms with E-state index in [0.29, 0.717) is 6.54 Å². The molecule has 3 rings (SSSR count). The Hall–Kier alpha value is -1.24. The maximum absolute atomic E-state index is 4.82. The summed E-state index contributed by atoms with van der Waals surface area (Å²) in [6.45, 7) is 9.12. The van der Waals surface area contributed by atoms with Gasteiger partial charge >= 0.3 is 0 Å². The Labute approximate surface area is 136 Å². The largest absolute Gasteiger partial charge is 0.357 e. The number of nitrogens with one attached hydrogen (secondary N) is 1. The quantitative estimate of drug-likeness (QED) is 0.673. The van der Waals surface area contributed by atoms with Crippen molar-refractivity contribution in [3.63, 3.8) is 0 Å². The number of aliphatic imine (C=N–C) groups is 1. The van der Waals surface area contributed by atoms with Crippen LogP contribution in [0.15, 0.2) is 4.99 Å². The van der Waals surface area contributed by atoms with Crippen LogP contribution >= 0.6 is 11.8 Å². The smallest absolute Gasteiger partial charge is 0.194 e. The predicted molar refractivity (Wildman–Crippen MR) is 91.3 cm³/mol. The number of guanidine groups is 1. The van der Waals surface area contributed by atoms with Gasteiger partial charge in [-0.25, -0.2) is 4.99 Å². The summed E-state index contributed by atoms with van der Waals surface area (Å²) in [4.78, 5) is 7.22.